The second-order valence-corrected chi connectivity index (χ2v) is 5.51. The summed E-state index contributed by atoms with van der Waals surface area (Å²) in [6.07, 6.45) is 0. The lowest BCUT2D eigenvalue weighted by atomic mass is 10.1. The second-order valence-electron chi connectivity index (χ2n) is 4.26. The summed E-state index contributed by atoms with van der Waals surface area (Å²) in [4.78, 5) is 16.0. The van der Waals surface area contributed by atoms with Crippen LogP contribution < -0.4 is 0 Å². The molecule has 0 unspecified atom stereocenters. The van der Waals surface area contributed by atoms with Crippen molar-refractivity contribution in [3.8, 4) is 10.8 Å². The number of carbonyl (C=O) groups is 1. The minimum Gasteiger partial charge on any atom is -0.475 e. The Hall–Kier alpha value is -1.33. The van der Waals surface area contributed by atoms with Gasteiger partial charge in [-0.1, -0.05) is 25.4 Å². The van der Waals surface area contributed by atoms with Gasteiger partial charge in [0.2, 0.25) is 11.7 Å². The monoisotopic (exact) mass is 285 g/mol. The zero-order chi connectivity index (χ0) is 13.4. The molecule has 0 aliphatic rings. The van der Waals surface area contributed by atoms with Crippen LogP contribution in [0.15, 0.2) is 9.80 Å². The molecule has 0 bridgehead atoms. The van der Waals surface area contributed by atoms with E-state index in [4.69, 9.17) is 21.1 Å². The molecule has 0 fully saturated rings. The number of nitrogens with zero attached hydrogens (tertiary/aromatic N) is 1. The Morgan fingerprint density at radius 3 is 2.61 bits per heavy atom. The van der Waals surface area contributed by atoms with Crippen LogP contribution in [0.1, 0.15) is 41.6 Å². The Morgan fingerprint density at radius 1 is 1.56 bits per heavy atom. The average molecular weight is 286 g/mol. The molecule has 0 aliphatic carbocycles. The van der Waals surface area contributed by atoms with Gasteiger partial charge < -0.3 is 9.52 Å². The van der Waals surface area contributed by atoms with Crippen LogP contribution in [0.2, 0.25) is 5.02 Å². The Bertz CT molecular complexity index is 600. The molecular formula is C12H12ClNO3S. The summed E-state index contributed by atoms with van der Waals surface area (Å²) in [7, 11) is 0. The van der Waals surface area contributed by atoms with E-state index in [1.54, 1.807) is 0 Å². The largest absolute Gasteiger partial charge is 0.475 e. The minimum absolute atomic E-state index is 0.0200. The van der Waals surface area contributed by atoms with Gasteiger partial charge in [-0.05, 0) is 23.8 Å². The molecule has 2 aromatic rings. The third-order valence-electron chi connectivity index (χ3n) is 2.49. The summed E-state index contributed by atoms with van der Waals surface area (Å²) in [6.45, 7) is 5.62. The maximum absolute atomic E-state index is 11.1. The van der Waals surface area contributed by atoms with Crippen molar-refractivity contribution >= 4 is 28.9 Å². The fraction of sp³-hybridized carbons (Fsp3) is 0.333. The third-order valence-corrected chi connectivity index (χ3v) is 4.17. The number of halogens is 1. The van der Waals surface area contributed by atoms with Crippen molar-refractivity contribution in [2.75, 3.05) is 0 Å². The van der Waals surface area contributed by atoms with Crippen molar-refractivity contribution in [3.63, 3.8) is 0 Å². The smallest absolute Gasteiger partial charge is 0.373 e. The van der Waals surface area contributed by atoms with Crippen LogP contribution in [0.4, 0.5) is 0 Å². The second kappa shape index (κ2) is 4.74. The quantitative estimate of drug-likeness (QED) is 0.918. The van der Waals surface area contributed by atoms with E-state index >= 15 is 0 Å². The molecule has 2 aromatic heterocycles. The summed E-state index contributed by atoms with van der Waals surface area (Å²) in [5.74, 6) is -0.961. The molecule has 18 heavy (non-hydrogen) atoms. The zero-order valence-electron chi connectivity index (χ0n) is 10.2. The first-order valence-electron chi connectivity index (χ1n) is 5.39. The van der Waals surface area contributed by atoms with Crippen LogP contribution in [0.25, 0.3) is 10.8 Å². The van der Waals surface area contributed by atoms with Crippen LogP contribution in [0.3, 0.4) is 0 Å². The van der Waals surface area contributed by atoms with Gasteiger partial charge in [0.05, 0.1) is 10.7 Å². The van der Waals surface area contributed by atoms with Gasteiger partial charge in [-0.25, -0.2) is 9.78 Å². The fourth-order valence-electron chi connectivity index (χ4n) is 1.55. The Balaban J connectivity index is 2.57. The Kier molecular flexibility index (Phi) is 3.45. The number of aromatic carboxylic acids is 1. The normalized spacial score (nSPS) is 11.2. The average Bonchev–Trinajstić information content (AvgIpc) is 2.85. The summed E-state index contributed by atoms with van der Waals surface area (Å²) in [6, 6.07) is 0. The summed E-state index contributed by atoms with van der Waals surface area (Å²) in [5, 5.41) is 11.5. The molecule has 0 radical (unpaired) electrons. The van der Waals surface area contributed by atoms with Crippen LogP contribution >= 0.6 is 22.9 Å². The van der Waals surface area contributed by atoms with Gasteiger partial charge in [0.15, 0.2) is 0 Å². The molecule has 4 nitrogen and oxygen atoms in total. The number of thiophene rings is 1. The highest BCUT2D eigenvalue weighted by Crippen LogP contribution is 2.37. The van der Waals surface area contributed by atoms with E-state index in [1.807, 2.05) is 26.2 Å². The van der Waals surface area contributed by atoms with Gasteiger partial charge in [0.1, 0.15) is 4.88 Å². The summed E-state index contributed by atoms with van der Waals surface area (Å²) in [5.41, 5.74) is 1.37. The SMILES string of the molecule is Cc1csc(-c2nc(C(C)C)c(C(=O)O)o2)c1Cl. The third kappa shape index (κ3) is 2.15. The van der Waals surface area contributed by atoms with Crippen molar-refractivity contribution in [3.05, 3.63) is 27.4 Å². The number of aryl methyl sites for hydroxylation is 1. The summed E-state index contributed by atoms with van der Waals surface area (Å²) >= 11 is 7.52. The van der Waals surface area contributed by atoms with Gasteiger partial charge in [-0.2, -0.15) is 0 Å². The molecule has 0 amide bonds. The fourth-order valence-corrected chi connectivity index (χ4v) is 2.75. The predicted octanol–water partition coefficient (Wildman–Crippen LogP) is 4.19. The molecule has 0 atom stereocenters. The maximum Gasteiger partial charge on any atom is 0.373 e. The number of aromatic nitrogens is 1. The van der Waals surface area contributed by atoms with E-state index in [-0.39, 0.29) is 17.6 Å². The van der Waals surface area contributed by atoms with Crippen LogP contribution in [0.5, 0.6) is 0 Å². The van der Waals surface area contributed by atoms with Gasteiger partial charge in [-0.3, -0.25) is 0 Å². The number of carboxylic acid groups (broad SMARTS) is 1. The van der Waals surface area contributed by atoms with Crippen molar-refractivity contribution in [1.82, 2.24) is 4.98 Å². The topological polar surface area (TPSA) is 63.3 Å². The van der Waals surface area contributed by atoms with Crippen molar-refractivity contribution in [2.24, 2.45) is 0 Å². The molecule has 0 aliphatic heterocycles. The highest BCUT2D eigenvalue weighted by atomic mass is 35.5. The van der Waals surface area contributed by atoms with Crippen LogP contribution in [-0.4, -0.2) is 16.1 Å². The Labute approximate surface area is 113 Å². The number of hydrogen-bond donors (Lipinski definition) is 1. The first-order valence-corrected chi connectivity index (χ1v) is 6.65. The van der Waals surface area contributed by atoms with Crippen LogP contribution in [-0.2, 0) is 0 Å². The number of oxazole rings is 1. The van der Waals surface area contributed by atoms with Crippen molar-refractivity contribution < 1.29 is 14.3 Å². The molecule has 6 heteroatoms. The lowest BCUT2D eigenvalue weighted by Crippen LogP contribution is -2.01. The van der Waals surface area contributed by atoms with Crippen molar-refractivity contribution in [1.29, 1.82) is 0 Å². The van der Waals surface area contributed by atoms with Gasteiger partial charge in [0, 0.05) is 0 Å². The molecule has 0 saturated carbocycles. The van der Waals surface area contributed by atoms with E-state index in [0.29, 0.717) is 15.6 Å². The predicted molar refractivity (Wildman–Crippen MR) is 70.6 cm³/mol. The molecule has 2 rings (SSSR count). The molecule has 96 valence electrons. The van der Waals surface area contributed by atoms with Gasteiger partial charge in [0.25, 0.3) is 0 Å². The van der Waals surface area contributed by atoms with Crippen molar-refractivity contribution in [2.45, 2.75) is 26.7 Å². The maximum atomic E-state index is 11.1. The van der Waals surface area contributed by atoms with E-state index in [0.717, 1.165) is 5.56 Å². The lowest BCUT2D eigenvalue weighted by Gasteiger charge is -1.98. The van der Waals surface area contributed by atoms with E-state index in [1.165, 1.54) is 11.3 Å². The van der Waals surface area contributed by atoms with Gasteiger partial charge in [-0.15, -0.1) is 11.3 Å². The molecule has 1 N–H and O–H groups in total. The van der Waals surface area contributed by atoms with E-state index < -0.39 is 5.97 Å². The summed E-state index contributed by atoms with van der Waals surface area (Å²) < 4.78 is 5.33. The van der Waals surface area contributed by atoms with E-state index in [9.17, 15) is 4.79 Å². The molecular weight excluding hydrogens is 274 g/mol. The van der Waals surface area contributed by atoms with E-state index in [2.05, 4.69) is 4.98 Å². The molecule has 2 heterocycles. The molecule has 0 saturated heterocycles. The van der Waals surface area contributed by atoms with Crippen LogP contribution in [0, 0.1) is 6.92 Å². The number of rotatable bonds is 3. The molecule has 0 aromatic carbocycles. The number of carboxylic acids is 1. The highest BCUT2D eigenvalue weighted by molar-refractivity contribution is 7.14. The lowest BCUT2D eigenvalue weighted by molar-refractivity contribution is 0.0661. The number of hydrogen-bond acceptors (Lipinski definition) is 4. The van der Waals surface area contributed by atoms with Gasteiger partial charge >= 0.3 is 5.97 Å². The standard InChI is InChI=1S/C12H12ClNO3S/c1-5(2)8-9(12(15)16)17-11(14-8)10-7(13)6(3)4-18-10/h4-5H,1-3H3,(H,15,16). The minimum atomic E-state index is -1.11. The molecule has 0 spiro atoms. The first-order chi connectivity index (χ1) is 8.41. The highest BCUT2D eigenvalue weighted by Gasteiger charge is 2.24. The zero-order valence-corrected chi connectivity index (χ0v) is 11.7. The first kappa shape index (κ1) is 13.1. The Morgan fingerprint density at radius 2 is 2.22 bits per heavy atom.